The van der Waals surface area contributed by atoms with Crippen molar-refractivity contribution in [2.75, 3.05) is 13.2 Å². The molecule has 0 bridgehead atoms. The third-order valence-corrected chi connectivity index (χ3v) is 10.2. The zero-order valence-electron chi connectivity index (χ0n) is 32.2. The van der Waals surface area contributed by atoms with E-state index >= 15 is 0 Å². The Morgan fingerprint density at radius 2 is 0.830 bits per heavy atom. The molecule has 3 atom stereocenters. The lowest BCUT2D eigenvalue weighted by Crippen LogP contribution is -2.43. The van der Waals surface area contributed by atoms with E-state index in [0.29, 0.717) is 19.6 Å². The molecule has 0 rings (SSSR count). The highest BCUT2D eigenvalue weighted by molar-refractivity contribution is 5.84. The van der Waals surface area contributed by atoms with E-state index in [-0.39, 0.29) is 5.91 Å². The quantitative estimate of drug-likeness (QED) is 0.0644. The minimum absolute atomic E-state index is 0.156. The largest absolute Gasteiger partial charge is 0.481 e. The minimum Gasteiger partial charge on any atom is -0.481 e. The van der Waals surface area contributed by atoms with Gasteiger partial charge in [0.15, 0.2) is 0 Å². The molecule has 5 nitrogen and oxygen atoms in total. The first-order valence-corrected chi connectivity index (χ1v) is 21.1. The van der Waals surface area contributed by atoms with Crippen LogP contribution in [-0.4, -0.2) is 36.2 Å². The normalized spacial score (nSPS) is 13.4. The lowest BCUT2D eigenvalue weighted by Gasteiger charge is -2.27. The maximum absolute atomic E-state index is 12.8. The first-order chi connectivity index (χ1) is 23.0. The average Bonchev–Trinajstić information content (AvgIpc) is 3.06. The summed E-state index contributed by atoms with van der Waals surface area (Å²) in [5, 5.41) is 13.0. The molecule has 47 heavy (non-hydrogen) atoms. The molecule has 0 aliphatic heterocycles. The van der Waals surface area contributed by atoms with Gasteiger partial charge < -0.3 is 15.2 Å². The van der Waals surface area contributed by atoms with Gasteiger partial charge in [0.05, 0.1) is 17.9 Å². The van der Waals surface area contributed by atoms with Crippen molar-refractivity contribution in [1.82, 2.24) is 5.32 Å². The van der Waals surface area contributed by atoms with Gasteiger partial charge in [-0.25, -0.2) is 0 Å². The molecule has 0 spiro atoms. The van der Waals surface area contributed by atoms with Crippen LogP contribution in [0.25, 0.3) is 0 Å². The summed E-state index contributed by atoms with van der Waals surface area (Å²) in [7, 11) is 0. The van der Waals surface area contributed by atoms with Crippen LogP contribution in [0.1, 0.15) is 227 Å². The topological polar surface area (TPSA) is 75.6 Å². The van der Waals surface area contributed by atoms with E-state index in [1.54, 1.807) is 6.92 Å². The Hall–Kier alpha value is -1.10. The summed E-state index contributed by atoms with van der Waals surface area (Å²) in [5.41, 5.74) is 0. The molecular formula is C42H83NO4. The predicted octanol–water partition coefficient (Wildman–Crippen LogP) is 13.0. The van der Waals surface area contributed by atoms with Gasteiger partial charge in [-0.1, -0.05) is 207 Å². The van der Waals surface area contributed by atoms with Gasteiger partial charge in [-0.3, -0.25) is 9.59 Å². The monoisotopic (exact) mass is 666 g/mol. The summed E-state index contributed by atoms with van der Waals surface area (Å²) in [4.78, 5) is 25.0. The van der Waals surface area contributed by atoms with E-state index < -0.39 is 23.9 Å². The van der Waals surface area contributed by atoms with Gasteiger partial charge in [-0.05, 0) is 19.3 Å². The summed E-state index contributed by atoms with van der Waals surface area (Å²) in [6.45, 7) is 9.47. The molecule has 280 valence electrons. The Morgan fingerprint density at radius 3 is 1.15 bits per heavy atom. The molecule has 0 aromatic heterocycles. The van der Waals surface area contributed by atoms with Crippen LogP contribution in [0.5, 0.6) is 0 Å². The maximum Gasteiger partial charge on any atom is 0.309 e. The third kappa shape index (κ3) is 29.5. The molecule has 0 heterocycles. The van der Waals surface area contributed by atoms with Crippen molar-refractivity contribution in [2.24, 2.45) is 11.8 Å². The van der Waals surface area contributed by atoms with Gasteiger partial charge >= 0.3 is 5.97 Å². The molecule has 1 amide bonds. The van der Waals surface area contributed by atoms with Crippen molar-refractivity contribution < 1.29 is 19.4 Å². The van der Waals surface area contributed by atoms with Crippen molar-refractivity contribution in [3.05, 3.63) is 0 Å². The number of ether oxygens (including phenoxy) is 1. The number of carbonyl (C=O) groups excluding carboxylic acids is 1. The van der Waals surface area contributed by atoms with E-state index in [1.807, 2.05) is 6.92 Å². The highest BCUT2D eigenvalue weighted by Gasteiger charge is 2.36. The summed E-state index contributed by atoms with van der Waals surface area (Å²) in [5.74, 6) is -2.49. The van der Waals surface area contributed by atoms with Gasteiger partial charge in [0.1, 0.15) is 0 Å². The lowest BCUT2D eigenvalue weighted by atomic mass is 9.86. The van der Waals surface area contributed by atoms with E-state index in [4.69, 9.17) is 4.74 Å². The molecule has 2 N–H and O–H groups in total. The number of rotatable bonds is 38. The van der Waals surface area contributed by atoms with Crippen LogP contribution in [0.15, 0.2) is 0 Å². The smallest absolute Gasteiger partial charge is 0.309 e. The Morgan fingerprint density at radius 1 is 0.511 bits per heavy atom. The van der Waals surface area contributed by atoms with Crippen molar-refractivity contribution in [3.8, 4) is 0 Å². The fraction of sp³-hybridized carbons (Fsp3) is 0.952. The number of unbranched alkanes of at least 4 members (excludes halogenated alkanes) is 28. The Balaban J connectivity index is 3.86. The number of carboxylic acids is 1. The van der Waals surface area contributed by atoms with Crippen LogP contribution in [-0.2, 0) is 14.3 Å². The molecule has 3 unspecified atom stereocenters. The molecule has 0 saturated carbocycles. The van der Waals surface area contributed by atoms with Crippen molar-refractivity contribution in [3.63, 3.8) is 0 Å². The van der Waals surface area contributed by atoms with Crippen LogP contribution >= 0.6 is 0 Å². The number of hydrogen-bond acceptors (Lipinski definition) is 3. The number of nitrogens with one attached hydrogen (secondary N) is 1. The summed E-state index contributed by atoms with van der Waals surface area (Å²) < 4.78 is 6.08. The average molecular weight is 666 g/mol. The molecule has 0 saturated heterocycles. The fourth-order valence-electron chi connectivity index (χ4n) is 6.91. The van der Waals surface area contributed by atoms with Gasteiger partial charge in [-0.15, -0.1) is 0 Å². The zero-order valence-corrected chi connectivity index (χ0v) is 32.2. The highest BCUT2D eigenvalue weighted by atomic mass is 16.5. The van der Waals surface area contributed by atoms with Crippen LogP contribution in [0.4, 0.5) is 0 Å². The highest BCUT2D eigenvalue weighted by Crippen LogP contribution is 2.23. The second kappa shape index (κ2) is 36.2. The van der Waals surface area contributed by atoms with Gasteiger partial charge in [0.2, 0.25) is 5.91 Å². The predicted molar refractivity (Wildman–Crippen MR) is 203 cm³/mol. The summed E-state index contributed by atoms with van der Waals surface area (Å²) in [6, 6.07) is 0. The van der Waals surface area contributed by atoms with Gasteiger partial charge in [-0.2, -0.15) is 0 Å². The molecule has 0 aromatic rings. The van der Waals surface area contributed by atoms with Crippen molar-refractivity contribution in [2.45, 2.75) is 233 Å². The zero-order chi connectivity index (χ0) is 34.6. The van der Waals surface area contributed by atoms with Crippen LogP contribution in [0.3, 0.4) is 0 Å². The number of carboxylic acid groups (broad SMARTS) is 1. The number of hydrogen-bond donors (Lipinski definition) is 2. The second-order valence-electron chi connectivity index (χ2n) is 14.7. The standard InChI is InChI=1S/C42H83NO4/c1-5-8-10-12-14-16-18-20-22-23-25-27-29-31-33-35-37-47-39(7-3)40(42(45)46)38(4)41(44)43-36-34-32-30-28-26-24-21-19-17-15-13-11-9-6-2/h38-40H,5-37H2,1-4H3,(H,43,44)(H,45,46). The molecule has 0 aliphatic rings. The maximum atomic E-state index is 12.8. The van der Waals surface area contributed by atoms with Crippen molar-refractivity contribution >= 4 is 11.9 Å². The summed E-state index contributed by atoms with van der Waals surface area (Å²) >= 11 is 0. The van der Waals surface area contributed by atoms with Crippen LogP contribution in [0, 0.1) is 11.8 Å². The Labute approximate surface area is 293 Å². The third-order valence-electron chi connectivity index (χ3n) is 10.2. The summed E-state index contributed by atoms with van der Waals surface area (Å²) in [6.07, 6.45) is 39.8. The molecule has 0 fully saturated rings. The number of aliphatic carboxylic acids is 1. The lowest BCUT2D eigenvalue weighted by molar-refractivity contribution is -0.154. The first-order valence-electron chi connectivity index (χ1n) is 21.1. The van der Waals surface area contributed by atoms with E-state index in [2.05, 4.69) is 19.2 Å². The Kier molecular flexibility index (Phi) is 35.3. The van der Waals surface area contributed by atoms with E-state index in [9.17, 15) is 14.7 Å². The first kappa shape index (κ1) is 45.9. The van der Waals surface area contributed by atoms with Gasteiger partial charge in [0.25, 0.3) is 0 Å². The van der Waals surface area contributed by atoms with E-state index in [0.717, 1.165) is 25.7 Å². The fourth-order valence-corrected chi connectivity index (χ4v) is 6.91. The Bertz CT molecular complexity index is 669. The van der Waals surface area contributed by atoms with Crippen LogP contribution in [0.2, 0.25) is 0 Å². The molecule has 0 aromatic carbocycles. The van der Waals surface area contributed by atoms with E-state index in [1.165, 1.54) is 167 Å². The SMILES string of the molecule is CCCCCCCCCCCCCCCCCCOC(CC)C(C(=O)O)C(C)C(=O)NCCCCCCCCCCCCCCCC. The molecule has 5 heteroatoms. The molecule has 0 radical (unpaired) electrons. The number of amides is 1. The minimum atomic E-state index is -0.928. The van der Waals surface area contributed by atoms with Gasteiger partial charge in [0, 0.05) is 13.2 Å². The van der Waals surface area contributed by atoms with Crippen LogP contribution < -0.4 is 5.32 Å². The molecular weight excluding hydrogens is 582 g/mol. The molecule has 0 aliphatic carbocycles. The second-order valence-corrected chi connectivity index (χ2v) is 14.7. The number of carbonyl (C=O) groups is 2. The van der Waals surface area contributed by atoms with Crippen molar-refractivity contribution in [1.29, 1.82) is 0 Å².